The highest BCUT2D eigenvalue weighted by Gasteiger charge is 2.15. The van der Waals surface area contributed by atoms with E-state index in [1.807, 2.05) is 32.9 Å². The zero-order valence-electron chi connectivity index (χ0n) is 16.3. The van der Waals surface area contributed by atoms with Gasteiger partial charge in [-0.25, -0.2) is 15.0 Å². The lowest BCUT2D eigenvalue weighted by molar-refractivity contribution is 0.0934. The largest absolute Gasteiger partial charge is 0.491 e. The minimum Gasteiger partial charge on any atom is -0.491 e. The molecule has 1 amide bonds. The van der Waals surface area contributed by atoms with Crippen molar-refractivity contribution in [3.8, 4) is 16.6 Å². The van der Waals surface area contributed by atoms with Crippen molar-refractivity contribution in [1.82, 2.24) is 20.3 Å². The Balaban J connectivity index is 1.50. The third-order valence-corrected chi connectivity index (χ3v) is 4.87. The topological polar surface area (TPSA) is 77.0 Å². The van der Waals surface area contributed by atoms with E-state index in [0.717, 1.165) is 18.6 Å². The van der Waals surface area contributed by atoms with E-state index in [9.17, 15) is 4.79 Å². The number of aryl methyl sites for hydroxylation is 1. The summed E-state index contributed by atoms with van der Waals surface area (Å²) in [6, 6.07) is 9.90. The zero-order valence-corrected chi connectivity index (χ0v) is 17.1. The van der Waals surface area contributed by atoms with Crippen molar-refractivity contribution in [2.75, 3.05) is 0 Å². The number of carbonyl (C=O) groups is 1. The van der Waals surface area contributed by atoms with Gasteiger partial charge in [0.15, 0.2) is 10.8 Å². The fraction of sp³-hybridized carbons (Fsp3) is 0.333. The molecule has 2 heterocycles. The van der Waals surface area contributed by atoms with Crippen LogP contribution in [0, 0.1) is 0 Å². The highest BCUT2D eigenvalue weighted by atomic mass is 32.1. The summed E-state index contributed by atoms with van der Waals surface area (Å²) in [4.78, 5) is 25.1. The van der Waals surface area contributed by atoms with Gasteiger partial charge in [0.1, 0.15) is 11.4 Å². The second-order valence-electron chi connectivity index (χ2n) is 6.83. The molecule has 0 radical (unpaired) electrons. The van der Waals surface area contributed by atoms with Gasteiger partial charge in [0, 0.05) is 23.8 Å². The van der Waals surface area contributed by atoms with Crippen LogP contribution in [0.1, 0.15) is 43.2 Å². The van der Waals surface area contributed by atoms with Crippen molar-refractivity contribution in [3.63, 3.8) is 0 Å². The number of benzene rings is 1. The Bertz CT molecular complexity index is 894. The number of hydrogen-bond donors (Lipinski definition) is 1. The number of ether oxygens (including phenoxy) is 1. The molecule has 3 aromatic rings. The van der Waals surface area contributed by atoms with Gasteiger partial charge < -0.3 is 10.1 Å². The first-order valence-electron chi connectivity index (χ1n) is 9.30. The maximum atomic E-state index is 12.4. The van der Waals surface area contributed by atoms with E-state index in [2.05, 4.69) is 32.4 Å². The molecule has 6 nitrogen and oxygen atoms in total. The van der Waals surface area contributed by atoms with Gasteiger partial charge in [0.2, 0.25) is 0 Å². The molecule has 0 unspecified atom stereocenters. The number of nitrogens with zero attached hydrogens (tertiary/aromatic N) is 3. The summed E-state index contributed by atoms with van der Waals surface area (Å²) in [6.07, 6.45) is 5.21. The first-order valence-corrected chi connectivity index (χ1v) is 10.2. The molecule has 0 bridgehead atoms. The molecule has 28 heavy (non-hydrogen) atoms. The predicted molar refractivity (Wildman–Crippen MR) is 111 cm³/mol. The molecule has 146 valence electrons. The first-order chi connectivity index (χ1) is 13.5. The van der Waals surface area contributed by atoms with Crippen molar-refractivity contribution in [1.29, 1.82) is 0 Å². The Hall–Kier alpha value is -2.80. The van der Waals surface area contributed by atoms with Gasteiger partial charge >= 0.3 is 0 Å². The third kappa shape index (κ3) is 5.60. The lowest BCUT2D eigenvalue weighted by Crippen LogP contribution is -2.33. The van der Waals surface area contributed by atoms with Crippen molar-refractivity contribution in [3.05, 3.63) is 59.4 Å². The number of nitrogens with one attached hydrogen (secondary N) is 1. The molecule has 1 atom stereocenters. The lowest BCUT2D eigenvalue weighted by Gasteiger charge is -2.14. The van der Waals surface area contributed by atoms with Crippen LogP contribution in [0.2, 0.25) is 0 Å². The normalized spacial score (nSPS) is 12.0. The highest BCUT2D eigenvalue weighted by molar-refractivity contribution is 7.13. The van der Waals surface area contributed by atoms with Gasteiger partial charge in [0.25, 0.3) is 5.91 Å². The summed E-state index contributed by atoms with van der Waals surface area (Å²) in [7, 11) is 0. The molecule has 0 saturated carbocycles. The molecular weight excluding hydrogens is 372 g/mol. The van der Waals surface area contributed by atoms with Crippen LogP contribution >= 0.6 is 11.3 Å². The molecule has 2 aromatic heterocycles. The van der Waals surface area contributed by atoms with Crippen molar-refractivity contribution in [2.24, 2.45) is 0 Å². The number of aromatic nitrogens is 3. The Morgan fingerprint density at radius 1 is 1.14 bits per heavy atom. The molecule has 0 aliphatic rings. The van der Waals surface area contributed by atoms with Crippen LogP contribution in [-0.4, -0.2) is 33.0 Å². The van der Waals surface area contributed by atoms with E-state index in [4.69, 9.17) is 4.74 Å². The second kappa shape index (κ2) is 9.41. The Morgan fingerprint density at radius 2 is 1.86 bits per heavy atom. The van der Waals surface area contributed by atoms with E-state index < -0.39 is 0 Å². The molecule has 0 aliphatic heterocycles. The lowest BCUT2D eigenvalue weighted by atomic mass is 10.1. The zero-order chi connectivity index (χ0) is 19.9. The standard InChI is InChI=1S/C21H24N4O2S/c1-14(2)27-17-9-7-16(8-10-17)6-5-15(3)24-20(26)18-13-28-21(25-18)19-22-11-4-12-23-19/h4,7-15H,5-6H2,1-3H3,(H,24,26)/t15-/m1/s1. The highest BCUT2D eigenvalue weighted by Crippen LogP contribution is 2.20. The molecule has 7 heteroatoms. The monoisotopic (exact) mass is 396 g/mol. The average molecular weight is 397 g/mol. The average Bonchev–Trinajstić information content (AvgIpc) is 3.18. The van der Waals surface area contributed by atoms with E-state index in [1.54, 1.807) is 23.8 Å². The maximum absolute atomic E-state index is 12.4. The number of hydrogen-bond acceptors (Lipinski definition) is 6. The first kappa shape index (κ1) is 19.9. The SMILES string of the molecule is CC(C)Oc1ccc(CC[C@@H](C)NC(=O)c2csc(-c3ncccn3)n2)cc1. The smallest absolute Gasteiger partial charge is 0.270 e. The van der Waals surface area contributed by atoms with E-state index >= 15 is 0 Å². The summed E-state index contributed by atoms with van der Waals surface area (Å²) in [5.41, 5.74) is 1.61. The molecular formula is C21H24N4O2S. The predicted octanol–water partition coefficient (Wildman–Crippen LogP) is 4.14. The van der Waals surface area contributed by atoms with Crippen LogP contribution in [-0.2, 0) is 6.42 Å². The van der Waals surface area contributed by atoms with Crippen molar-refractivity contribution >= 4 is 17.2 Å². The third-order valence-electron chi connectivity index (χ3n) is 4.03. The van der Waals surface area contributed by atoms with Gasteiger partial charge in [-0.15, -0.1) is 11.3 Å². The van der Waals surface area contributed by atoms with Crippen molar-refractivity contribution < 1.29 is 9.53 Å². The van der Waals surface area contributed by atoms with Crippen LogP contribution < -0.4 is 10.1 Å². The summed E-state index contributed by atoms with van der Waals surface area (Å²) in [5.74, 6) is 1.23. The van der Waals surface area contributed by atoms with Gasteiger partial charge in [-0.05, 0) is 57.4 Å². The molecule has 1 N–H and O–H groups in total. The molecule has 0 saturated heterocycles. The van der Waals surface area contributed by atoms with Crippen molar-refractivity contribution in [2.45, 2.75) is 45.8 Å². The molecule has 0 fully saturated rings. The maximum Gasteiger partial charge on any atom is 0.270 e. The molecule has 1 aromatic carbocycles. The van der Waals surface area contributed by atoms with E-state index in [-0.39, 0.29) is 18.1 Å². The number of amides is 1. The Labute approximate surface area is 169 Å². The number of carbonyl (C=O) groups excluding carboxylic acids is 1. The Morgan fingerprint density at radius 3 is 2.54 bits per heavy atom. The molecule has 3 rings (SSSR count). The van der Waals surface area contributed by atoms with Crippen LogP contribution in [0.15, 0.2) is 48.1 Å². The van der Waals surface area contributed by atoms with Gasteiger partial charge in [-0.1, -0.05) is 12.1 Å². The van der Waals surface area contributed by atoms with Crippen LogP contribution in [0.4, 0.5) is 0 Å². The van der Waals surface area contributed by atoms with Gasteiger partial charge in [-0.2, -0.15) is 0 Å². The van der Waals surface area contributed by atoms with E-state index in [0.29, 0.717) is 16.5 Å². The number of rotatable bonds is 8. The van der Waals surface area contributed by atoms with Crippen LogP contribution in [0.3, 0.4) is 0 Å². The number of thiazole rings is 1. The molecule has 0 aliphatic carbocycles. The summed E-state index contributed by atoms with van der Waals surface area (Å²) >= 11 is 1.36. The molecule has 0 spiro atoms. The summed E-state index contributed by atoms with van der Waals surface area (Å²) in [5, 5.41) is 5.39. The van der Waals surface area contributed by atoms with Crippen LogP contribution in [0.5, 0.6) is 5.75 Å². The van der Waals surface area contributed by atoms with Gasteiger partial charge in [0.05, 0.1) is 6.10 Å². The van der Waals surface area contributed by atoms with E-state index in [1.165, 1.54) is 16.9 Å². The minimum absolute atomic E-state index is 0.0391. The minimum atomic E-state index is -0.174. The summed E-state index contributed by atoms with van der Waals surface area (Å²) in [6.45, 7) is 6.02. The fourth-order valence-corrected chi connectivity index (χ4v) is 3.40. The fourth-order valence-electron chi connectivity index (χ4n) is 2.65. The Kier molecular flexibility index (Phi) is 6.71. The quantitative estimate of drug-likeness (QED) is 0.619. The van der Waals surface area contributed by atoms with Gasteiger partial charge in [-0.3, -0.25) is 4.79 Å². The second-order valence-corrected chi connectivity index (χ2v) is 7.69. The summed E-state index contributed by atoms with van der Waals surface area (Å²) < 4.78 is 5.66. The van der Waals surface area contributed by atoms with Crippen LogP contribution in [0.25, 0.3) is 10.8 Å².